The van der Waals surface area contributed by atoms with Crippen molar-refractivity contribution >= 4 is 17.7 Å². The van der Waals surface area contributed by atoms with Crippen molar-refractivity contribution in [2.75, 3.05) is 24.3 Å². The number of benzene rings is 1. The van der Waals surface area contributed by atoms with Gasteiger partial charge in [0.1, 0.15) is 5.82 Å². The number of H-pyrrole nitrogens is 1. The number of aromatic amines is 1. The van der Waals surface area contributed by atoms with Crippen molar-refractivity contribution < 1.29 is 4.79 Å². The van der Waals surface area contributed by atoms with E-state index < -0.39 is 0 Å². The first-order valence-electron chi connectivity index (χ1n) is 5.52. The highest BCUT2D eigenvalue weighted by atomic mass is 16.1. The first-order valence-corrected chi connectivity index (χ1v) is 5.52. The van der Waals surface area contributed by atoms with Gasteiger partial charge in [-0.15, -0.1) is 0 Å². The minimum atomic E-state index is -0.208. The van der Waals surface area contributed by atoms with Gasteiger partial charge in [0.15, 0.2) is 0 Å². The van der Waals surface area contributed by atoms with Gasteiger partial charge in [0.2, 0.25) is 5.95 Å². The summed E-state index contributed by atoms with van der Waals surface area (Å²) in [5, 5.41) is 2.70. The number of hydrogen-bond donors (Lipinski definition) is 2. The zero-order chi connectivity index (χ0) is 13.1. The van der Waals surface area contributed by atoms with Gasteiger partial charge in [0, 0.05) is 25.9 Å². The minimum Gasteiger partial charge on any atom is -0.361 e. The van der Waals surface area contributed by atoms with Crippen LogP contribution in [-0.4, -0.2) is 30.0 Å². The number of aromatic nitrogens is 2. The Labute approximate surface area is 106 Å². The van der Waals surface area contributed by atoms with Gasteiger partial charge in [0.05, 0.1) is 0 Å². The van der Waals surface area contributed by atoms with Crippen LogP contribution in [-0.2, 0) is 0 Å². The Bertz CT molecular complexity index is 560. The van der Waals surface area contributed by atoms with E-state index in [4.69, 9.17) is 0 Å². The number of rotatable bonds is 3. The zero-order valence-corrected chi connectivity index (χ0v) is 10.4. The Morgan fingerprint density at radius 1 is 1.44 bits per heavy atom. The molecule has 1 aromatic carbocycles. The Kier molecular flexibility index (Phi) is 3.32. The molecule has 0 atom stereocenters. The molecule has 5 heteroatoms. The molecule has 0 saturated heterocycles. The first kappa shape index (κ1) is 12.2. The normalized spacial score (nSPS) is 10.2. The van der Waals surface area contributed by atoms with Gasteiger partial charge in [-0.25, -0.2) is 0 Å². The van der Waals surface area contributed by atoms with Crippen molar-refractivity contribution in [1.82, 2.24) is 9.97 Å². The lowest BCUT2D eigenvalue weighted by atomic mass is 10.1. The maximum Gasteiger partial charge on any atom is 0.257 e. The predicted octanol–water partition coefficient (Wildman–Crippen LogP) is 1.91. The number of imidazole rings is 1. The molecule has 0 saturated carbocycles. The highest BCUT2D eigenvalue weighted by Crippen LogP contribution is 2.12. The summed E-state index contributed by atoms with van der Waals surface area (Å²) in [7, 11) is 3.77. The van der Waals surface area contributed by atoms with Crippen LogP contribution >= 0.6 is 0 Å². The highest BCUT2D eigenvalue weighted by Gasteiger charge is 2.09. The summed E-state index contributed by atoms with van der Waals surface area (Å²) in [6.45, 7) is 3.79. The monoisotopic (exact) mass is 243 g/mol. The molecular weight excluding hydrogens is 228 g/mol. The maximum atomic E-state index is 11.9. The van der Waals surface area contributed by atoms with Crippen molar-refractivity contribution in [2.24, 2.45) is 0 Å². The molecule has 18 heavy (non-hydrogen) atoms. The predicted molar refractivity (Wildman–Crippen MR) is 71.8 cm³/mol. The average molecular weight is 243 g/mol. The lowest BCUT2D eigenvalue weighted by Crippen LogP contribution is -2.13. The molecule has 5 nitrogen and oxygen atoms in total. The van der Waals surface area contributed by atoms with E-state index in [0.717, 1.165) is 11.4 Å². The standard InChI is InChI=1S/C13H15N4O/c1-9-5-4-6-10(7-9)12(18)16-13-14-8-11(15-13)17(2)3/h4-8H,1H2,2-3H3,(H2,14,15,16,18). The Morgan fingerprint density at radius 3 is 2.83 bits per heavy atom. The molecule has 1 radical (unpaired) electrons. The summed E-state index contributed by atoms with van der Waals surface area (Å²) < 4.78 is 0. The summed E-state index contributed by atoms with van der Waals surface area (Å²) in [5.41, 5.74) is 1.36. The molecule has 0 unspecified atom stereocenters. The molecule has 1 aromatic heterocycles. The minimum absolute atomic E-state index is 0.208. The smallest absolute Gasteiger partial charge is 0.257 e. The fourth-order valence-electron chi connectivity index (χ4n) is 1.50. The molecule has 2 N–H and O–H groups in total. The van der Waals surface area contributed by atoms with E-state index in [1.54, 1.807) is 24.4 Å². The van der Waals surface area contributed by atoms with Crippen molar-refractivity contribution in [3.63, 3.8) is 0 Å². The fraction of sp³-hybridized carbons (Fsp3) is 0.154. The van der Waals surface area contributed by atoms with E-state index in [1.165, 1.54) is 0 Å². The first-order chi connectivity index (χ1) is 8.56. The van der Waals surface area contributed by atoms with Gasteiger partial charge in [-0.2, -0.15) is 4.98 Å². The lowest BCUT2D eigenvalue weighted by Gasteiger charge is -2.06. The molecule has 1 amide bonds. The van der Waals surface area contributed by atoms with Crippen LogP contribution in [0.1, 0.15) is 15.9 Å². The largest absolute Gasteiger partial charge is 0.361 e. The van der Waals surface area contributed by atoms with Gasteiger partial charge in [0.25, 0.3) is 5.91 Å². The van der Waals surface area contributed by atoms with Crippen LogP contribution in [0.4, 0.5) is 11.8 Å². The average Bonchev–Trinajstić information content (AvgIpc) is 2.77. The SMILES string of the molecule is [CH2]c1cccc(C(=O)Nc2nc(N(C)C)c[nH]2)c1. The Balaban J connectivity index is 2.11. The summed E-state index contributed by atoms with van der Waals surface area (Å²) in [6.07, 6.45) is 1.73. The number of carbonyl (C=O) groups is 1. The molecule has 2 rings (SSSR count). The quantitative estimate of drug-likeness (QED) is 0.865. The number of carbonyl (C=O) groups excluding carboxylic acids is 1. The highest BCUT2D eigenvalue weighted by molar-refractivity contribution is 6.03. The van der Waals surface area contributed by atoms with Crippen LogP contribution < -0.4 is 10.2 Å². The summed E-state index contributed by atoms with van der Waals surface area (Å²) >= 11 is 0. The zero-order valence-electron chi connectivity index (χ0n) is 10.4. The van der Waals surface area contributed by atoms with Crippen LogP contribution in [0.25, 0.3) is 0 Å². The molecular formula is C13H15N4O. The van der Waals surface area contributed by atoms with E-state index in [1.807, 2.05) is 25.1 Å². The lowest BCUT2D eigenvalue weighted by molar-refractivity contribution is 0.102. The number of nitrogens with one attached hydrogen (secondary N) is 2. The van der Waals surface area contributed by atoms with Crippen molar-refractivity contribution in [2.45, 2.75) is 0 Å². The molecule has 2 aromatic rings. The fourth-order valence-corrected chi connectivity index (χ4v) is 1.50. The molecule has 0 fully saturated rings. The van der Waals surface area contributed by atoms with Crippen molar-refractivity contribution in [3.05, 3.63) is 48.5 Å². The van der Waals surface area contributed by atoms with Gasteiger partial charge in [-0.1, -0.05) is 12.1 Å². The van der Waals surface area contributed by atoms with E-state index in [9.17, 15) is 4.79 Å². The van der Waals surface area contributed by atoms with Gasteiger partial charge in [-0.05, 0) is 24.6 Å². The second-order valence-corrected chi connectivity index (χ2v) is 4.16. The second kappa shape index (κ2) is 4.91. The molecule has 0 aliphatic rings. The molecule has 0 aliphatic carbocycles. The van der Waals surface area contributed by atoms with Crippen LogP contribution in [0.15, 0.2) is 30.5 Å². The summed E-state index contributed by atoms with van der Waals surface area (Å²) in [6, 6.07) is 7.10. The van der Waals surface area contributed by atoms with Crippen LogP contribution in [0.5, 0.6) is 0 Å². The third-order valence-electron chi connectivity index (χ3n) is 2.44. The van der Waals surface area contributed by atoms with Gasteiger partial charge >= 0.3 is 0 Å². The topological polar surface area (TPSA) is 61.0 Å². The van der Waals surface area contributed by atoms with E-state index in [0.29, 0.717) is 11.5 Å². The van der Waals surface area contributed by atoms with E-state index >= 15 is 0 Å². The van der Waals surface area contributed by atoms with Crippen molar-refractivity contribution in [1.29, 1.82) is 0 Å². The number of hydrogen-bond acceptors (Lipinski definition) is 3. The molecule has 0 aliphatic heterocycles. The van der Waals surface area contributed by atoms with Crippen LogP contribution in [0.3, 0.4) is 0 Å². The van der Waals surface area contributed by atoms with Crippen LogP contribution in [0, 0.1) is 6.92 Å². The third-order valence-corrected chi connectivity index (χ3v) is 2.44. The number of nitrogens with zero attached hydrogens (tertiary/aromatic N) is 2. The summed E-state index contributed by atoms with van der Waals surface area (Å²) in [5.74, 6) is 0.981. The molecule has 1 heterocycles. The van der Waals surface area contributed by atoms with E-state index in [2.05, 4.69) is 22.2 Å². The van der Waals surface area contributed by atoms with Crippen LogP contribution in [0.2, 0.25) is 0 Å². The summed E-state index contributed by atoms with van der Waals surface area (Å²) in [4.78, 5) is 20.9. The number of amides is 1. The van der Waals surface area contributed by atoms with Gasteiger partial charge < -0.3 is 9.88 Å². The second-order valence-electron chi connectivity index (χ2n) is 4.16. The Hall–Kier alpha value is -2.30. The third kappa shape index (κ3) is 2.68. The molecule has 0 bridgehead atoms. The Morgan fingerprint density at radius 2 is 2.22 bits per heavy atom. The molecule has 93 valence electrons. The maximum absolute atomic E-state index is 11.9. The van der Waals surface area contributed by atoms with E-state index in [-0.39, 0.29) is 5.91 Å². The van der Waals surface area contributed by atoms with Gasteiger partial charge in [-0.3, -0.25) is 10.1 Å². The molecule has 0 spiro atoms. The number of anilines is 2. The van der Waals surface area contributed by atoms with Crippen molar-refractivity contribution in [3.8, 4) is 0 Å².